The van der Waals surface area contributed by atoms with Crippen LogP contribution in [0.2, 0.25) is 0 Å². The minimum Gasteiger partial charge on any atom is -0.339 e. The second kappa shape index (κ2) is 4.95. The third-order valence-electron chi connectivity index (χ3n) is 5.11. The third kappa shape index (κ3) is 2.18. The normalized spacial score (nSPS) is 24.0. The van der Waals surface area contributed by atoms with Crippen LogP contribution in [-0.4, -0.2) is 23.2 Å². The molecule has 1 fully saturated rings. The highest BCUT2D eigenvalue weighted by Crippen LogP contribution is 2.38. The Morgan fingerprint density at radius 3 is 2.90 bits per heavy atom. The molecule has 4 heteroatoms. The first-order valence-corrected chi connectivity index (χ1v) is 7.89. The summed E-state index contributed by atoms with van der Waals surface area (Å²) in [5.41, 5.74) is 2.84. The molecule has 0 radical (unpaired) electrons. The van der Waals surface area contributed by atoms with Gasteiger partial charge < -0.3 is 9.84 Å². The molecule has 2 aromatic rings. The van der Waals surface area contributed by atoms with Crippen LogP contribution in [0.15, 0.2) is 28.8 Å². The van der Waals surface area contributed by atoms with Gasteiger partial charge in [0.1, 0.15) is 0 Å². The molecule has 0 amide bonds. The zero-order valence-corrected chi connectivity index (χ0v) is 12.4. The molecular formula is C17H21N3O. The number of hydrogen-bond donors (Lipinski definition) is 1. The maximum Gasteiger partial charge on any atom is 0.232 e. The molecule has 2 aliphatic rings. The van der Waals surface area contributed by atoms with Crippen molar-refractivity contribution in [2.45, 2.75) is 43.9 Å². The molecule has 0 saturated carbocycles. The largest absolute Gasteiger partial charge is 0.339 e. The van der Waals surface area contributed by atoms with Gasteiger partial charge in [0.15, 0.2) is 5.82 Å². The van der Waals surface area contributed by atoms with Gasteiger partial charge in [-0.05, 0) is 49.9 Å². The van der Waals surface area contributed by atoms with Crippen LogP contribution in [0.25, 0.3) is 0 Å². The molecule has 2 heterocycles. The summed E-state index contributed by atoms with van der Waals surface area (Å²) in [6, 6.07) is 8.63. The van der Waals surface area contributed by atoms with Gasteiger partial charge in [-0.25, -0.2) is 0 Å². The van der Waals surface area contributed by atoms with Crippen molar-refractivity contribution in [2.24, 2.45) is 0 Å². The average Bonchev–Trinajstić information content (AvgIpc) is 3.15. The van der Waals surface area contributed by atoms with Crippen molar-refractivity contribution in [3.8, 4) is 0 Å². The van der Waals surface area contributed by atoms with Gasteiger partial charge in [0, 0.05) is 11.3 Å². The van der Waals surface area contributed by atoms with Crippen molar-refractivity contribution in [3.63, 3.8) is 0 Å². The van der Waals surface area contributed by atoms with Crippen molar-refractivity contribution in [3.05, 3.63) is 47.1 Å². The lowest BCUT2D eigenvalue weighted by Gasteiger charge is -2.30. The monoisotopic (exact) mass is 283 g/mol. The van der Waals surface area contributed by atoms with Gasteiger partial charge in [-0.3, -0.25) is 0 Å². The predicted molar refractivity (Wildman–Crippen MR) is 80.4 cm³/mol. The smallest absolute Gasteiger partial charge is 0.232 e. The van der Waals surface area contributed by atoms with Gasteiger partial charge >= 0.3 is 0 Å². The molecule has 1 aliphatic carbocycles. The first kappa shape index (κ1) is 13.0. The van der Waals surface area contributed by atoms with E-state index < -0.39 is 0 Å². The maximum absolute atomic E-state index is 5.65. The molecule has 110 valence electrons. The molecule has 1 aromatic heterocycles. The highest BCUT2D eigenvalue weighted by Gasteiger charge is 2.36. The van der Waals surface area contributed by atoms with Crippen LogP contribution in [0.3, 0.4) is 0 Å². The van der Waals surface area contributed by atoms with E-state index in [0.29, 0.717) is 5.92 Å². The van der Waals surface area contributed by atoms with E-state index >= 15 is 0 Å². The molecule has 0 spiro atoms. The summed E-state index contributed by atoms with van der Waals surface area (Å²) < 4.78 is 5.65. The second-order valence-corrected chi connectivity index (χ2v) is 6.56. The Hall–Kier alpha value is -1.68. The van der Waals surface area contributed by atoms with Gasteiger partial charge in [-0.2, -0.15) is 4.98 Å². The fraction of sp³-hybridized carbons (Fsp3) is 0.529. The topological polar surface area (TPSA) is 51.0 Å². The molecule has 21 heavy (non-hydrogen) atoms. The molecule has 1 atom stereocenters. The van der Waals surface area contributed by atoms with Crippen LogP contribution in [-0.2, 0) is 11.8 Å². The van der Waals surface area contributed by atoms with E-state index in [1.54, 1.807) is 0 Å². The van der Waals surface area contributed by atoms with Gasteiger partial charge in [-0.15, -0.1) is 0 Å². The molecule has 1 aliphatic heterocycles. The molecule has 4 rings (SSSR count). The van der Waals surface area contributed by atoms with Crippen molar-refractivity contribution >= 4 is 0 Å². The minimum atomic E-state index is 0.0363. The molecule has 1 saturated heterocycles. The Balaban J connectivity index is 1.64. The quantitative estimate of drug-likeness (QED) is 0.920. The second-order valence-electron chi connectivity index (χ2n) is 6.56. The summed E-state index contributed by atoms with van der Waals surface area (Å²) in [6.45, 7) is 4.30. The zero-order valence-electron chi connectivity index (χ0n) is 12.4. The summed E-state index contributed by atoms with van der Waals surface area (Å²) in [5.74, 6) is 2.00. The standard InChI is InChI=1S/C17H21N3O/c1-17(8-10-18-11-9-17)16-19-15(20-21-16)14-7-6-12-4-2-3-5-13(12)14/h2-5,14,18H,6-11H2,1H3. The van der Waals surface area contributed by atoms with Gasteiger partial charge in [0.25, 0.3) is 0 Å². The summed E-state index contributed by atoms with van der Waals surface area (Å²) >= 11 is 0. The van der Waals surface area contributed by atoms with E-state index in [2.05, 4.69) is 41.7 Å². The number of nitrogens with zero attached hydrogens (tertiary/aromatic N) is 2. The lowest BCUT2D eigenvalue weighted by Crippen LogP contribution is -2.37. The number of fused-ring (bicyclic) bond motifs is 1. The molecular weight excluding hydrogens is 262 g/mol. The van der Waals surface area contributed by atoms with E-state index in [0.717, 1.165) is 50.5 Å². The predicted octanol–water partition coefficient (Wildman–Crippen LogP) is 2.79. The number of hydrogen-bond acceptors (Lipinski definition) is 4. The molecule has 1 unspecified atom stereocenters. The fourth-order valence-corrected chi connectivity index (χ4v) is 3.64. The SMILES string of the molecule is CC1(c2nc(C3CCc4ccccc43)no2)CCNCC1. The Morgan fingerprint density at radius 2 is 2.05 bits per heavy atom. The maximum atomic E-state index is 5.65. The van der Waals surface area contributed by atoms with E-state index in [9.17, 15) is 0 Å². The Labute approximate surface area is 124 Å². The van der Waals surface area contributed by atoms with Crippen molar-refractivity contribution < 1.29 is 4.52 Å². The van der Waals surface area contributed by atoms with Gasteiger partial charge in [-0.1, -0.05) is 36.3 Å². The number of rotatable bonds is 2. The summed E-state index contributed by atoms with van der Waals surface area (Å²) in [5, 5.41) is 7.71. The zero-order chi connectivity index (χ0) is 14.3. The van der Waals surface area contributed by atoms with E-state index in [1.165, 1.54) is 11.1 Å². The van der Waals surface area contributed by atoms with Crippen LogP contribution < -0.4 is 5.32 Å². The lowest BCUT2D eigenvalue weighted by molar-refractivity contribution is 0.240. The van der Waals surface area contributed by atoms with Crippen molar-refractivity contribution in [2.75, 3.05) is 13.1 Å². The van der Waals surface area contributed by atoms with E-state index in [4.69, 9.17) is 9.51 Å². The van der Waals surface area contributed by atoms with Crippen LogP contribution in [0.5, 0.6) is 0 Å². The van der Waals surface area contributed by atoms with Crippen LogP contribution >= 0.6 is 0 Å². The number of aromatic nitrogens is 2. The Bertz CT molecular complexity index is 643. The number of piperidine rings is 1. The van der Waals surface area contributed by atoms with Crippen LogP contribution in [0.1, 0.15) is 54.9 Å². The fourth-order valence-electron chi connectivity index (χ4n) is 3.64. The van der Waals surface area contributed by atoms with Crippen LogP contribution in [0, 0.1) is 0 Å². The van der Waals surface area contributed by atoms with Crippen molar-refractivity contribution in [1.82, 2.24) is 15.5 Å². The van der Waals surface area contributed by atoms with Crippen molar-refractivity contribution in [1.29, 1.82) is 0 Å². The van der Waals surface area contributed by atoms with Crippen LogP contribution in [0.4, 0.5) is 0 Å². The minimum absolute atomic E-state index is 0.0363. The molecule has 0 bridgehead atoms. The first-order valence-electron chi connectivity index (χ1n) is 7.89. The lowest BCUT2D eigenvalue weighted by atomic mass is 9.81. The Kier molecular flexibility index (Phi) is 3.07. The number of benzene rings is 1. The number of aryl methyl sites for hydroxylation is 1. The third-order valence-corrected chi connectivity index (χ3v) is 5.11. The summed E-state index contributed by atoms with van der Waals surface area (Å²) in [4.78, 5) is 4.78. The van der Waals surface area contributed by atoms with Gasteiger partial charge in [0.2, 0.25) is 5.89 Å². The van der Waals surface area contributed by atoms with E-state index in [1.807, 2.05) is 0 Å². The highest BCUT2D eigenvalue weighted by molar-refractivity contribution is 5.38. The Morgan fingerprint density at radius 1 is 1.24 bits per heavy atom. The van der Waals surface area contributed by atoms with E-state index in [-0.39, 0.29) is 5.41 Å². The molecule has 4 nitrogen and oxygen atoms in total. The summed E-state index contributed by atoms with van der Waals surface area (Å²) in [6.07, 6.45) is 4.34. The number of nitrogens with one attached hydrogen (secondary N) is 1. The molecule has 1 N–H and O–H groups in total. The summed E-state index contributed by atoms with van der Waals surface area (Å²) in [7, 11) is 0. The first-order chi connectivity index (χ1) is 10.3. The van der Waals surface area contributed by atoms with Gasteiger partial charge in [0.05, 0.1) is 0 Å². The highest BCUT2D eigenvalue weighted by atomic mass is 16.5. The average molecular weight is 283 g/mol. The molecule has 1 aromatic carbocycles.